The molecule has 3 amide bonds. The van der Waals surface area contributed by atoms with Crippen LogP contribution in [0.3, 0.4) is 0 Å². The summed E-state index contributed by atoms with van der Waals surface area (Å²) in [6, 6.07) is 19.4. The lowest BCUT2D eigenvalue weighted by atomic mass is 9.68. The molecule has 0 spiro atoms. The number of aryl methyl sites for hydroxylation is 1. The molecule has 3 aromatic carbocycles. The topological polar surface area (TPSA) is 109 Å². The number of nitrogens with zero attached hydrogens (tertiary/aromatic N) is 1. The number of rotatable bonds is 6. The Morgan fingerprint density at radius 1 is 0.958 bits per heavy atom. The Hall–Kier alpha value is -4.36. The molecule has 4 aromatic rings. The first kappa shape index (κ1) is 30.9. The monoisotopic (exact) mass is 691 g/mol. The molecule has 3 fully saturated rings. The lowest BCUT2D eigenvalue weighted by molar-refractivity contribution is -0.137. The van der Waals surface area contributed by atoms with Crippen LogP contribution in [0.15, 0.2) is 82.6 Å². The molecule has 3 heterocycles. The van der Waals surface area contributed by atoms with Crippen molar-refractivity contribution in [3.63, 3.8) is 0 Å². The van der Waals surface area contributed by atoms with Gasteiger partial charge in [0, 0.05) is 27.3 Å². The molecule has 0 radical (unpaired) electrons. The second kappa shape index (κ2) is 11.4. The Morgan fingerprint density at radius 3 is 2.42 bits per heavy atom. The van der Waals surface area contributed by atoms with E-state index in [9.17, 15) is 32.3 Å². The third-order valence-corrected chi connectivity index (χ3v) is 12.8. The maximum Gasteiger partial charge on any atom is 0.418 e. The predicted octanol–water partition coefficient (Wildman–Crippen LogP) is 6.46. The number of amides is 3. The van der Waals surface area contributed by atoms with Gasteiger partial charge in [0.1, 0.15) is 5.75 Å². The summed E-state index contributed by atoms with van der Waals surface area (Å²) >= 11 is 2.56. The SMILES string of the molecule is Cc1ccccc1NC(=O)COc1ccccc1[C@H]1c2sc(=O)[nH]c2SC2C1[C@H]1C[C@@H]2C2C(=O)N(c3ccccc3C(F)(F)F)C(=O)C21. The normalized spacial score (nSPS) is 27.1. The van der Waals surface area contributed by atoms with Crippen LogP contribution in [0.25, 0.3) is 0 Å². The van der Waals surface area contributed by atoms with Crippen molar-refractivity contribution in [3.05, 3.63) is 104 Å². The quantitative estimate of drug-likeness (QED) is 0.225. The van der Waals surface area contributed by atoms with Crippen LogP contribution in [0, 0.1) is 36.5 Å². The molecule has 1 saturated heterocycles. The zero-order valence-electron chi connectivity index (χ0n) is 25.3. The van der Waals surface area contributed by atoms with E-state index in [1.165, 1.54) is 30.0 Å². The third kappa shape index (κ3) is 4.80. The maximum atomic E-state index is 14.1. The van der Waals surface area contributed by atoms with Gasteiger partial charge in [-0.05, 0) is 60.9 Å². The minimum absolute atomic E-state index is 0.175. The van der Waals surface area contributed by atoms with Crippen LogP contribution in [0.2, 0.25) is 0 Å². The lowest BCUT2D eigenvalue weighted by Crippen LogP contribution is -2.42. The number of benzene rings is 3. The summed E-state index contributed by atoms with van der Waals surface area (Å²) in [7, 11) is 0. The number of carbonyl (C=O) groups is 3. The van der Waals surface area contributed by atoms with Gasteiger partial charge in [0.15, 0.2) is 6.61 Å². The molecule has 4 aliphatic rings. The molecule has 2 bridgehead atoms. The highest BCUT2D eigenvalue weighted by Crippen LogP contribution is 2.69. The molecule has 2 aliphatic carbocycles. The van der Waals surface area contributed by atoms with Gasteiger partial charge in [0.05, 0.1) is 28.1 Å². The van der Waals surface area contributed by atoms with E-state index in [0.717, 1.165) is 38.3 Å². The molecule has 4 unspecified atom stereocenters. The zero-order chi connectivity index (χ0) is 33.5. The molecule has 2 N–H and O–H groups in total. The number of nitrogens with one attached hydrogen (secondary N) is 2. The number of imide groups is 1. The van der Waals surface area contributed by atoms with Gasteiger partial charge < -0.3 is 15.0 Å². The molecular weight excluding hydrogens is 664 g/mol. The van der Waals surface area contributed by atoms with Gasteiger partial charge in [-0.25, -0.2) is 4.90 Å². The van der Waals surface area contributed by atoms with Crippen molar-refractivity contribution in [1.82, 2.24) is 4.98 Å². The fraction of sp³-hybridized carbons (Fsp3) is 0.314. The Balaban J connectivity index is 1.14. The van der Waals surface area contributed by atoms with Crippen molar-refractivity contribution in [2.24, 2.45) is 29.6 Å². The molecule has 8 nitrogen and oxygen atoms in total. The van der Waals surface area contributed by atoms with Crippen molar-refractivity contribution < 1.29 is 32.3 Å². The average molecular weight is 692 g/mol. The number of thioether (sulfide) groups is 1. The average Bonchev–Trinajstić information content (AvgIpc) is 3.79. The van der Waals surface area contributed by atoms with Gasteiger partial charge in [0.25, 0.3) is 5.91 Å². The van der Waals surface area contributed by atoms with Crippen LogP contribution in [-0.2, 0) is 20.6 Å². The van der Waals surface area contributed by atoms with Crippen LogP contribution < -0.4 is 19.8 Å². The highest BCUT2D eigenvalue weighted by Gasteiger charge is 2.70. The molecule has 13 heteroatoms. The minimum atomic E-state index is -4.75. The van der Waals surface area contributed by atoms with Crippen LogP contribution in [0.1, 0.15) is 33.9 Å². The van der Waals surface area contributed by atoms with E-state index < -0.39 is 47.0 Å². The standard InChI is InChI=1S/C35H28F3N3O5S2/c1-16-8-2-5-11-21(16)39-24(42)15-46-23-13-7-3-9-17(23)25-26-18-14-19(29(26)47-31-30(25)48-34(45)40-31)28-27(18)32(43)41(33(28)44)22-12-6-4-10-20(22)35(36,37)38/h2-13,18-19,25-29H,14-15H2,1H3,(H,39,42)(H,40,45)/t18-,19-,25-,26?,27?,28?,29?/m1/s1. The molecule has 8 rings (SSSR count). The number of carbonyl (C=O) groups excluding carboxylic acids is 3. The number of halogens is 3. The molecule has 48 heavy (non-hydrogen) atoms. The van der Waals surface area contributed by atoms with E-state index >= 15 is 0 Å². The number of hydrogen-bond donors (Lipinski definition) is 2. The molecule has 1 aromatic heterocycles. The van der Waals surface area contributed by atoms with Gasteiger partial charge in [-0.2, -0.15) is 13.2 Å². The lowest BCUT2D eigenvalue weighted by Gasteiger charge is -2.43. The predicted molar refractivity (Wildman–Crippen MR) is 174 cm³/mol. The number of thiazole rings is 1. The highest BCUT2D eigenvalue weighted by atomic mass is 32.2. The largest absolute Gasteiger partial charge is 0.483 e. The van der Waals surface area contributed by atoms with Crippen molar-refractivity contribution in [1.29, 1.82) is 0 Å². The summed E-state index contributed by atoms with van der Waals surface area (Å²) in [6.45, 7) is 1.62. The van der Waals surface area contributed by atoms with E-state index in [-0.39, 0.29) is 40.4 Å². The maximum absolute atomic E-state index is 14.1. The van der Waals surface area contributed by atoms with Gasteiger partial charge in [0.2, 0.25) is 11.8 Å². The number of H-pyrrole nitrogens is 1. The van der Waals surface area contributed by atoms with Crippen molar-refractivity contribution >= 4 is 52.2 Å². The molecular formula is C35H28F3N3O5S2. The number of para-hydroxylation sites is 3. The molecule has 2 saturated carbocycles. The fourth-order valence-electron chi connectivity index (χ4n) is 8.42. The number of aromatic nitrogens is 1. The van der Waals surface area contributed by atoms with Crippen molar-refractivity contribution in [2.45, 2.75) is 35.7 Å². The summed E-state index contributed by atoms with van der Waals surface area (Å²) in [5.74, 6) is -3.83. The second-order valence-electron chi connectivity index (χ2n) is 12.7. The van der Waals surface area contributed by atoms with E-state index in [1.807, 2.05) is 37.3 Å². The first-order valence-corrected chi connectivity index (χ1v) is 17.2. The van der Waals surface area contributed by atoms with Gasteiger partial charge in [-0.15, -0.1) is 11.8 Å². The summed E-state index contributed by atoms with van der Waals surface area (Å²) < 4.78 is 48.1. The second-order valence-corrected chi connectivity index (χ2v) is 14.9. The number of fused-ring (bicyclic) bond motifs is 9. The number of anilines is 2. The fourth-order valence-corrected chi connectivity index (χ4v) is 11.3. The number of alkyl halides is 3. The molecule has 246 valence electrons. The van der Waals surface area contributed by atoms with Crippen LogP contribution in [-0.4, -0.2) is 34.6 Å². The summed E-state index contributed by atoms with van der Waals surface area (Å²) in [5.41, 5.74) is 0.857. The number of aromatic amines is 1. The zero-order valence-corrected chi connectivity index (χ0v) is 27.0. The van der Waals surface area contributed by atoms with Crippen molar-refractivity contribution in [2.75, 3.05) is 16.8 Å². The van der Waals surface area contributed by atoms with Gasteiger partial charge >= 0.3 is 11.0 Å². The van der Waals surface area contributed by atoms with Crippen molar-refractivity contribution in [3.8, 4) is 5.75 Å². The summed E-state index contributed by atoms with van der Waals surface area (Å²) in [5, 5.41) is 3.38. The van der Waals surface area contributed by atoms with Crippen LogP contribution >= 0.6 is 23.1 Å². The Labute approximate surface area is 280 Å². The Kier molecular flexibility index (Phi) is 7.33. The first-order chi connectivity index (χ1) is 23.0. The summed E-state index contributed by atoms with van der Waals surface area (Å²) in [4.78, 5) is 57.8. The molecule has 2 aliphatic heterocycles. The number of ether oxygens (including phenoxy) is 1. The highest BCUT2D eigenvalue weighted by molar-refractivity contribution is 8.00. The Bertz CT molecular complexity index is 2040. The number of hydrogen-bond acceptors (Lipinski definition) is 7. The smallest absolute Gasteiger partial charge is 0.418 e. The minimum Gasteiger partial charge on any atom is -0.483 e. The van der Waals surface area contributed by atoms with E-state index in [2.05, 4.69) is 10.3 Å². The first-order valence-electron chi connectivity index (χ1n) is 15.5. The summed E-state index contributed by atoms with van der Waals surface area (Å²) in [6.07, 6.45) is -4.18. The van der Waals surface area contributed by atoms with Crippen LogP contribution in [0.5, 0.6) is 5.75 Å². The van der Waals surface area contributed by atoms with E-state index in [4.69, 9.17) is 4.74 Å². The third-order valence-electron chi connectivity index (χ3n) is 10.2. The van der Waals surface area contributed by atoms with E-state index in [0.29, 0.717) is 22.9 Å². The molecule has 7 atom stereocenters. The van der Waals surface area contributed by atoms with Gasteiger partial charge in [-0.1, -0.05) is 59.9 Å². The Morgan fingerprint density at radius 2 is 1.65 bits per heavy atom. The van der Waals surface area contributed by atoms with E-state index in [1.54, 1.807) is 18.2 Å². The van der Waals surface area contributed by atoms with Gasteiger partial charge in [-0.3, -0.25) is 19.2 Å². The van der Waals surface area contributed by atoms with Crippen LogP contribution in [0.4, 0.5) is 24.5 Å².